The van der Waals surface area contributed by atoms with Crippen LogP contribution in [0.25, 0.3) is 0 Å². The van der Waals surface area contributed by atoms with Crippen LogP contribution in [0.5, 0.6) is 0 Å². The molecule has 1 nitrogen and oxygen atoms in total. The van der Waals surface area contributed by atoms with E-state index in [0.29, 0.717) is 0 Å². The normalized spacial score (nSPS) is 38.5. The number of hydrogen-bond donors (Lipinski definition) is 1. The first-order chi connectivity index (χ1) is 7.33. The van der Waals surface area contributed by atoms with Crippen molar-refractivity contribution >= 4 is 0 Å². The van der Waals surface area contributed by atoms with E-state index in [9.17, 15) is 0 Å². The minimum absolute atomic E-state index is 0.768. The van der Waals surface area contributed by atoms with Crippen molar-refractivity contribution in [3.05, 3.63) is 35.9 Å². The predicted octanol–water partition coefficient (Wildman–Crippen LogP) is 2.93. The van der Waals surface area contributed by atoms with Crippen LogP contribution in [-0.2, 0) is 0 Å². The molecule has 80 valence electrons. The minimum Gasteiger partial charge on any atom is -0.311 e. The molecule has 2 fully saturated rings. The van der Waals surface area contributed by atoms with Gasteiger partial charge in [0.2, 0.25) is 0 Å². The van der Waals surface area contributed by atoms with E-state index in [-0.39, 0.29) is 0 Å². The van der Waals surface area contributed by atoms with Gasteiger partial charge < -0.3 is 5.32 Å². The van der Waals surface area contributed by atoms with Gasteiger partial charge in [0.15, 0.2) is 0 Å². The molecular formula is C14H19N. The molecular weight excluding hydrogens is 182 g/mol. The fourth-order valence-electron chi connectivity index (χ4n) is 2.79. The second-order valence-corrected chi connectivity index (χ2v) is 5.30. The zero-order chi connectivity index (χ0) is 10.3. The maximum Gasteiger partial charge on any atom is 0.0145 e. The lowest BCUT2D eigenvalue weighted by atomic mass is 9.82. The second kappa shape index (κ2) is 3.64. The lowest BCUT2D eigenvalue weighted by Gasteiger charge is -2.33. The van der Waals surface area contributed by atoms with Gasteiger partial charge in [-0.05, 0) is 30.7 Å². The number of hydrogen-bond acceptors (Lipinski definition) is 1. The Morgan fingerprint density at radius 1 is 1.07 bits per heavy atom. The van der Waals surface area contributed by atoms with Gasteiger partial charge in [0.25, 0.3) is 0 Å². The quantitative estimate of drug-likeness (QED) is 0.793. The number of benzene rings is 1. The van der Waals surface area contributed by atoms with Crippen LogP contribution in [0.2, 0.25) is 0 Å². The van der Waals surface area contributed by atoms with Crippen LogP contribution in [-0.4, -0.2) is 12.1 Å². The minimum atomic E-state index is 0.768. The monoisotopic (exact) mass is 201 g/mol. The largest absolute Gasteiger partial charge is 0.311 e. The summed E-state index contributed by atoms with van der Waals surface area (Å²) in [5.74, 6) is 1.75. The first kappa shape index (κ1) is 9.41. The van der Waals surface area contributed by atoms with E-state index in [2.05, 4.69) is 42.6 Å². The smallest absolute Gasteiger partial charge is 0.0145 e. The summed E-state index contributed by atoms with van der Waals surface area (Å²) in [6.07, 6.45) is 4.12. The van der Waals surface area contributed by atoms with Gasteiger partial charge in [-0.25, -0.2) is 0 Å². The van der Waals surface area contributed by atoms with Gasteiger partial charge in [-0.2, -0.15) is 0 Å². The van der Waals surface area contributed by atoms with E-state index >= 15 is 0 Å². The lowest BCUT2D eigenvalue weighted by Crippen LogP contribution is -2.41. The van der Waals surface area contributed by atoms with Gasteiger partial charge in [-0.1, -0.05) is 37.3 Å². The molecule has 0 radical (unpaired) electrons. The number of nitrogens with one attached hydrogen (secondary N) is 1. The molecule has 0 spiro atoms. The van der Waals surface area contributed by atoms with Crippen molar-refractivity contribution in [3.63, 3.8) is 0 Å². The lowest BCUT2D eigenvalue weighted by molar-refractivity contribution is 0.239. The first-order valence-corrected chi connectivity index (χ1v) is 6.14. The summed E-state index contributed by atoms with van der Waals surface area (Å²) in [6, 6.07) is 12.5. The van der Waals surface area contributed by atoms with E-state index in [1.807, 2.05) is 0 Å². The molecule has 0 bridgehead atoms. The van der Waals surface area contributed by atoms with Crippen molar-refractivity contribution in [2.24, 2.45) is 5.92 Å². The summed E-state index contributed by atoms with van der Waals surface area (Å²) in [4.78, 5) is 0. The third-order valence-electron chi connectivity index (χ3n) is 3.84. The highest BCUT2D eigenvalue weighted by molar-refractivity contribution is 5.27. The van der Waals surface area contributed by atoms with Gasteiger partial charge >= 0.3 is 0 Å². The van der Waals surface area contributed by atoms with Crippen molar-refractivity contribution in [1.82, 2.24) is 5.32 Å². The van der Waals surface area contributed by atoms with E-state index < -0.39 is 0 Å². The SMILES string of the molecule is CC1CC(NC2CC2c2ccccc2)C1. The average molecular weight is 201 g/mol. The van der Waals surface area contributed by atoms with Crippen LogP contribution in [0, 0.1) is 5.92 Å². The summed E-state index contributed by atoms with van der Waals surface area (Å²) in [5, 5.41) is 3.77. The Bertz CT molecular complexity index is 326. The summed E-state index contributed by atoms with van der Waals surface area (Å²) < 4.78 is 0. The second-order valence-electron chi connectivity index (χ2n) is 5.30. The van der Waals surface area contributed by atoms with Crippen LogP contribution >= 0.6 is 0 Å². The fourth-order valence-corrected chi connectivity index (χ4v) is 2.79. The molecule has 1 N–H and O–H groups in total. The Hall–Kier alpha value is -0.820. The molecule has 2 saturated carbocycles. The maximum atomic E-state index is 3.77. The molecule has 2 aliphatic carbocycles. The third kappa shape index (κ3) is 1.93. The summed E-state index contributed by atoms with van der Waals surface area (Å²) >= 11 is 0. The molecule has 0 heterocycles. The van der Waals surface area contributed by atoms with E-state index in [1.165, 1.54) is 24.8 Å². The van der Waals surface area contributed by atoms with E-state index in [4.69, 9.17) is 0 Å². The van der Waals surface area contributed by atoms with Gasteiger partial charge in [0.1, 0.15) is 0 Å². The highest BCUT2D eigenvalue weighted by atomic mass is 15.0. The fraction of sp³-hybridized carbons (Fsp3) is 0.571. The maximum absolute atomic E-state index is 3.77. The van der Waals surface area contributed by atoms with Crippen molar-refractivity contribution < 1.29 is 0 Å². The molecule has 3 rings (SSSR count). The third-order valence-corrected chi connectivity index (χ3v) is 3.84. The molecule has 2 atom stereocenters. The zero-order valence-corrected chi connectivity index (χ0v) is 9.32. The highest BCUT2D eigenvalue weighted by Crippen LogP contribution is 2.42. The molecule has 1 heteroatoms. The van der Waals surface area contributed by atoms with Crippen LogP contribution in [0.3, 0.4) is 0 Å². The summed E-state index contributed by atoms with van der Waals surface area (Å²) in [6.45, 7) is 2.35. The topological polar surface area (TPSA) is 12.0 Å². The average Bonchev–Trinajstić information content (AvgIpc) is 2.96. The Morgan fingerprint density at radius 2 is 1.80 bits per heavy atom. The Balaban J connectivity index is 1.52. The highest BCUT2D eigenvalue weighted by Gasteiger charge is 2.41. The molecule has 1 aromatic rings. The summed E-state index contributed by atoms with van der Waals surface area (Å²) in [5.41, 5.74) is 1.52. The van der Waals surface area contributed by atoms with Gasteiger partial charge in [0, 0.05) is 18.0 Å². The first-order valence-electron chi connectivity index (χ1n) is 6.14. The van der Waals surface area contributed by atoms with Gasteiger partial charge in [0.05, 0.1) is 0 Å². The number of rotatable bonds is 3. The standard InChI is InChI=1S/C14H19N/c1-10-7-12(8-10)15-14-9-13(14)11-5-3-2-4-6-11/h2-6,10,12-15H,7-9H2,1H3. The van der Waals surface area contributed by atoms with E-state index in [0.717, 1.165) is 23.9 Å². The molecule has 1 aromatic carbocycles. The molecule has 2 unspecified atom stereocenters. The van der Waals surface area contributed by atoms with E-state index in [1.54, 1.807) is 0 Å². The molecule has 0 amide bonds. The van der Waals surface area contributed by atoms with Crippen molar-refractivity contribution in [2.75, 3.05) is 0 Å². The van der Waals surface area contributed by atoms with Crippen molar-refractivity contribution in [1.29, 1.82) is 0 Å². The molecule has 0 saturated heterocycles. The Kier molecular flexibility index (Phi) is 2.28. The Labute approximate surface area is 91.9 Å². The zero-order valence-electron chi connectivity index (χ0n) is 9.32. The van der Waals surface area contributed by atoms with Crippen LogP contribution in [0.4, 0.5) is 0 Å². The predicted molar refractivity (Wildman–Crippen MR) is 62.9 cm³/mol. The van der Waals surface area contributed by atoms with Crippen LogP contribution in [0.1, 0.15) is 37.7 Å². The molecule has 15 heavy (non-hydrogen) atoms. The van der Waals surface area contributed by atoms with Crippen LogP contribution < -0.4 is 5.32 Å². The van der Waals surface area contributed by atoms with Crippen molar-refractivity contribution in [3.8, 4) is 0 Å². The van der Waals surface area contributed by atoms with Crippen molar-refractivity contribution in [2.45, 2.75) is 44.2 Å². The van der Waals surface area contributed by atoms with Gasteiger partial charge in [-0.15, -0.1) is 0 Å². The molecule has 0 aromatic heterocycles. The Morgan fingerprint density at radius 3 is 2.47 bits per heavy atom. The van der Waals surface area contributed by atoms with Gasteiger partial charge in [-0.3, -0.25) is 0 Å². The molecule has 0 aliphatic heterocycles. The summed E-state index contributed by atoms with van der Waals surface area (Å²) in [7, 11) is 0. The van der Waals surface area contributed by atoms with Crippen LogP contribution in [0.15, 0.2) is 30.3 Å². The molecule has 2 aliphatic rings.